The molecule has 0 spiro atoms. The van der Waals surface area contributed by atoms with Crippen molar-refractivity contribution in [2.75, 3.05) is 6.61 Å². The van der Waals surface area contributed by atoms with Crippen LogP contribution in [-0.2, 0) is 4.74 Å². The monoisotopic (exact) mass is 199 g/mol. The van der Waals surface area contributed by atoms with Gasteiger partial charge in [-0.1, -0.05) is 0 Å². The molecule has 82 valence electrons. The van der Waals surface area contributed by atoms with E-state index in [0.717, 1.165) is 32.3 Å². The molecular weight excluding hydrogens is 178 g/mol. The van der Waals surface area contributed by atoms with Gasteiger partial charge in [-0.15, -0.1) is 0 Å². The molecule has 0 radical (unpaired) electrons. The van der Waals surface area contributed by atoms with E-state index >= 15 is 0 Å². The molecule has 2 N–H and O–H groups in total. The molecule has 1 heterocycles. The average Bonchev–Trinajstić information content (AvgIpc) is 2.61. The molecule has 2 fully saturated rings. The van der Waals surface area contributed by atoms with Crippen LogP contribution < -0.4 is 5.32 Å². The first kappa shape index (κ1) is 10.4. The van der Waals surface area contributed by atoms with Gasteiger partial charge in [0.25, 0.3) is 0 Å². The van der Waals surface area contributed by atoms with E-state index in [4.69, 9.17) is 4.74 Å². The van der Waals surface area contributed by atoms with Crippen molar-refractivity contribution in [3.63, 3.8) is 0 Å². The molecule has 0 amide bonds. The molecule has 1 aliphatic carbocycles. The maximum absolute atomic E-state index is 9.43. The fraction of sp³-hybridized carbons (Fsp3) is 1.00. The van der Waals surface area contributed by atoms with Gasteiger partial charge in [0.1, 0.15) is 0 Å². The largest absolute Gasteiger partial charge is 0.393 e. The first-order valence-electron chi connectivity index (χ1n) is 5.66. The quantitative estimate of drug-likeness (QED) is 0.698. The summed E-state index contributed by atoms with van der Waals surface area (Å²) >= 11 is 0. The van der Waals surface area contributed by atoms with E-state index < -0.39 is 0 Å². The number of aliphatic hydroxyl groups excluding tert-OH is 1. The SMILES string of the molecule is CC1(C)OCCC1N[C@H]1CC[C@@H](O)C1. The molecule has 0 aromatic carbocycles. The molecule has 2 aliphatic rings. The summed E-state index contributed by atoms with van der Waals surface area (Å²) in [5.74, 6) is 0. The molecule has 1 aliphatic heterocycles. The van der Waals surface area contributed by atoms with Crippen LogP contribution in [0.2, 0.25) is 0 Å². The van der Waals surface area contributed by atoms with Crippen LogP contribution >= 0.6 is 0 Å². The highest BCUT2D eigenvalue weighted by Crippen LogP contribution is 2.28. The standard InChI is InChI=1S/C11H21NO2/c1-11(2)10(5-6-14-11)12-8-3-4-9(13)7-8/h8-10,12-13H,3-7H2,1-2H3/t8-,9+,10?/m0/s1. The van der Waals surface area contributed by atoms with Crippen LogP contribution in [0.15, 0.2) is 0 Å². The minimum absolute atomic E-state index is 0.0342. The van der Waals surface area contributed by atoms with Gasteiger partial charge in [-0.3, -0.25) is 0 Å². The van der Waals surface area contributed by atoms with E-state index in [1.54, 1.807) is 0 Å². The molecule has 14 heavy (non-hydrogen) atoms. The summed E-state index contributed by atoms with van der Waals surface area (Å²) in [5.41, 5.74) is -0.0342. The van der Waals surface area contributed by atoms with Gasteiger partial charge < -0.3 is 15.2 Å². The van der Waals surface area contributed by atoms with Crippen LogP contribution in [0.4, 0.5) is 0 Å². The maximum atomic E-state index is 9.43. The second-order valence-electron chi connectivity index (χ2n) is 5.12. The van der Waals surface area contributed by atoms with Crippen LogP contribution in [0.5, 0.6) is 0 Å². The Hall–Kier alpha value is -0.120. The fourth-order valence-corrected chi connectivity index (χ4v) is 2.57. The third kappa shape index (κ3) is 2.10. The van der Waals surface area contributed by atoms with Gasteiger partial charge in [0.05, 0.1) is 11.7 Å². The summed E-state index contributed by atoms with van der Waals surface area (Å²) in [5, 5.41) is 13.0. The molecular formula is C11H21NO2. The van der Waals surface area contributed by atoms with Crippen LogP contribution in [0.1, 0.15) is 39.5 Å². The van der Waals surface area contributed by atoms with Gasteiger partial charge in [-0.2, -0.15) is 0 Å². The summed E-state index contributed by atoms with van der Waals surface area (Å²) in [6.45, 7) is 5.14. The van der Waals surface area contributed by atoms with Crippen molar-refractivity contribution in [3.05, 3.63) is 0 Å². The van der Waals surface area contributed by atoms with Crippen molar-refractivity contribution in [3.8, 4) is 0 Å². The summed E-state index contributed by atoms with van der Waals surface area (Å²) < 4.78 is 5.67. The highest BCUT2D eigenvalue weighted by Gasteiger charge is 2.37. The number of nitrogens with one attached hydrogen (secondary N) is 1. The van der Waals surface area contributed by atoms with Crippen molar-refractivity contribution in [1.29, 1.82) is 0 Å². The Bertz CT molecular complexity index is 205. The predicted octanol–water partition coefficient (Wildman–Crippen LogP) is 1.06. The highest BCUT2D eigenvalue weighted by molar-refractivity contribution is 4.94. The van der Waals surface area contributed by atoms with E-state index in [0.29, 0.717) is 12.1 Å². The first-order chi connectivity index (χ1) is 6.58. The Kier molecular flexibility index (Phi) is 2.82. The molecule has 1 unspecified atom stereocenters. The Morgan fingerprint density at radius 1 is 1.29 bits per heavy atom. The Morgan fingerprint density at radius 3 is 2.57 bits per heavy atom. The zero-order chi connectivity index (χ0) is 10.2. The smallest absolute Gasteiger partial charge is 0.0779 e. The van der Waals surface area contributed by atoms with Crippen LogP contribution in [0, 0.1) is 0 Å². The number of rotatable bonds is 2. The van der Waals surface area contributed by atoms with Crippen molar-refractivity contribution >= 4 is 0 Å². The molecule has 0 bridgehead atoms. The molecule has 3 nitrogen and oxygen atoms in total. The van der Waals surface area contributed by atoms with Crippen molar-refractivity contribution < 1.29 is 9.84 Å². The molecule has 0 aromatic rings. The number of hydrogen-bond donors (Lipinski definition) is 2. The normalized spacial score (nSPS) is 41.8. The lowest BCUT2D eigenvalue weighted by Gasteiger charge is -2.29. The summed E-state index contributed by atoms with van der Waals surface area (Å²) in [6.07, 6.45) is 3.98. The van der Waals surface area contributed by atoms with Gasteiger partial charge in [0, 0.05) is 18.7 Å². The van der Waals surface area contributed by atoms with Gasteiger partial charge in [-0.05, 0) is 39.5 Å². The third-order valence-corrected chi connectivity index (χ3v) is 3.56. The van der Waals surface area contributed by atoms with E-state index in [2.05, 4.69) is 19.2 Å². The minimum atomic E-state index is -0.0852. The number of hydrogen-bond acceptors (Lipinski definition) is 3. The van der Waals surface area contributed by atoms with Crippen molar-refractivity contribution in [2.24, 2.45) is 0 Å². The molecule has 0 aromatic heterocycles. The van der Waals surface area contributed by atoms with E-state index in [-0.39, 0.29) is 11.7 Å². The number of aliphatic hydroxyl groups is 1. The van der Waals surface area contributed by atoms with Crippen molar-refractivity contribution in [1.82, 2.24) is 5.32 Å². The van der Waals surface area contributed by atoms with Gasteiger partial charge in [-0.25, -0.2) is 0 Å². The Morgan fingerprint density at radius 2 is 2.07 bits per heavy atom. The lowest BCUT2D eigenvalue weighted by molar-refractivity contribution is 0.0193. The second-order valence-corrected chi connectivity index (χ2v) is 5.12. The lowest BCUT2D eigenvalue weighted by atomic mass is 9.98. The molecule has 2 rings (SSSR count). The third-order valence-electron chi connectivity index (χ3n) is 3.56. The van der Waals surface area contributed by atoms with Gasteiger partial charge >= 0.3 is 0 Å². The first-order valence-corrected chi connectivity index (χ1v) is 5.66. The lowest BCUT2D eigenvalue weighted by Crippen LogP contribution is -2.47. The van der Waals surface area contributed by atoms with Gasteiger partial charge in [0.15, 0.2) is 0 Å². The summed E-state index contributed by atoms with van der Waals surface area (Å²) in [7, 11) is 0. The van der Waals surface area contributed by atoms with Crippen LogP contribution in [0.25, 0.3) is 0 Å². The Labute approximate surface area is 85.8 Å². The van der Waals surface area contributed by atoms with Gasteiger partial charge in [0.2, 0.25) is 0 Å². The van der Waals surface area contributed by atoms with E-state index in [9.17, 15) is 5.11 Å². The maximum Gasteiger partial charge on any atom is 0.0779 e. The molecule has 1 saturated carbocycles. The van der Waals surface area contributed by atoms with E-state index in [1.807, 2.05) is 0 Å². The molecule has 3 heteroatoms. The fourth-order valence-electron chi connectivity index (χ4n) is 2.57. The predicted molar refractivity (Wildman–Crippen MR) is 55.2 cm³/mol. The average molecular weight is 199 g/mol. The Balaban J connectivity index is 1.85. The molecule has 3 atom stereocenters. The van der Waals surface area contributed by atoms with Crippen LogP contribution in [-0.4, -0.2) is 35.5 Å². The zero-order valence-electron chi connectivity index (χ0n) is 9.12. The minimum Gasteiger partial charge on any atom is -0.393 e. The zero-order valence-corrected chi connectivity index (χ0v) is 9.12. The second kappa shape index (κ2) is 3.80. The topological polar surface area (TPSA) is 41.5 Å². The highest BCUT2D eigenvalue weighted by atomic mass is 16.5. The van der Waals surface area contributed by atoms with E-state index in [1.165, 1.54) is 0 Å². The van der Waals surface area contributed by atoms with Crippen LogP contribution in [0.3, 0.4) is 0 Å². The molecule has 1 saturated heterocycles. The summed E-state index contributed by atoms with van der Waals surface area (Å²) in [4.78, 5) is 0. The summed E-state index contributed by atoms with van der Waals surface area (Å²) in [6, 6.07) is 0.953. The number of ether oxygens (including phenoxy) is 1. The van der Waals surface area contributed by atoms with Crippen molar-refractivity contribution in [2.45, 2.75) is 63.3 Å².